The molecule has 0 amide bonds. The SMILES string of the molecule is CCN(CCN)c1ccc(/C=C/c2ccc([N+](=O)[O-])cc2)cc1. The number of nitrogens with two attached hydrogens (primary N) is 1. The van der Waals surface area contributed by atoms with E-state index in [1.807, 2.05) is 12.2 Å². The van der Waals surface area contributed by atoms with Crippen LogP contribution in [0.2, 0.25) is 0 Å². The lowest BCUT2D eigenvalue weighted by Crippen LogP contribution is -2.28. The van der Waals surface area contributed by atoms with Crippen LogP contribution in [-0.2, 0) is 0 Å². The Bertz CT molecular complexity index is 664. The Kier molecular flexibility index (Phi) is 5.88. The Balaban J connectivity index is 2.06. The second-order valence-corrected chi connectivity index (χ2v) is 5.14. The van der Waals surface area contributed by atoms with E-state index in [1.54, 1.807) is 12.1 Å². The number of hydrogen-bond acceptors (Lipinski definition) is 4. The maximum Gasteiger partial charge on any atom is 0.269 e. The Morgan fingerprint density at radius 3 is 2.00 bits per heavy atom. The van der Waals surface area contributed by atoms with Crippen molar-refractivity contribution in [2.24, 2.45) is 5.73 Å². The molecule has 2 rings (SSSR count). The molecule has 5 heteroatoms. The minimum Gasteiger partial charge on any atom is -0.371 e. The van der Waals surface area contributed by atoms with Crippen LogP contribution >= 0.6 is 0 Å². The summed E-state index contributed by atoms with van der Waals surface area (Å²) in [6.07, 6.45) is 3.93. The van der Waals surface area contributed by atoms with Crippen molar-refractivity contribution in [2.45, 2.75) is 6.92 Å². The van der Waals surface area contributed by atoms with Gasteiger partial charge >= 0.3 is 0 Å². The summed E-state index contributed by atoms with van der Waals surface area (Å²) in [6.45, 7) is 4.51. The number of benzene rings is 2. The molecule has 0 fully saturated rings. The minimum atomic E-state index is -0.396. The molecule has 0 saturated carbocycles. The third-order valence-corrected chi connectivity index (χ3v) is 3.61. The Morgan fingerprint density at radius 1 is 1.04 bits per heavy atom. The van der Waals surface area contributed by atoms with E-state index in [-0.39, 0.29) is 5.69 Å². The zero-order chi connectivity index (χ0) is 16.7. The number of likely N-dealkylation sites (N-methyl/N-ethyl adjacent to an activating group) is 1. The van der Waals surface area contributed by atoms with Gasteiger partial charge in [0.1, 0.15) is 0 Å². The van der Waals surface area contributed by atoms with E-state index in [4.69, 9.17) is 5.73 Å². The lowest BCUT2D eigenvalue weighted by atomic mass is 10.1. The zero-order valence-corrected chi connectivity index (χ0v) is 13.2. The van der Waals surface area contributed by atoms with Gasteiger partial charge in [0.15, 0.2) is 0 Å². The standard InChI is InChI=1S/C18H21N3O2/c1-2-20(14-13-19)17-9-5-15(6-10-17)3-4-16-7-11-18(12-8-16)21(22)23/h3-12H,2,13-14,19H2,1H3/b4-3+. The largest absolute Gasteiger partial charge is 0.371 e. The molecular weight excluding hydrogens is 290 g/mol. The molecule has 120 valence electrons. The average Bonchev–Trinajstić information content (AvgIpc) is 2.59. The van der Waals surface area contributed by atoms with Gasteiger partial charge in [-0.15, -0.1) is 0 Å². The van der Waals surface area contributed by atoms with Gasteiger partial charge in [-0.25, -0.2) is 0 Å². The van der Waals surface area contributed by atoms with Crippen LogP contribution in [0.3, 0.4) is 0 Å². The first-order valence-corrected chi connectivity index (χ1v) is 7.61. The first-order valence-electron chi connectivity index (χ1n) is 7.61. The number of anilines is 1. The first-order chi connectivity index (χ1) is 11.1. The molecule has 0 aliphatic rings. The molecule has 0 bridgehead atoms. The summed E-state index contributed by atoms with van der Waals surface area (Å²) in [5.74, 6) is 0. The highest BCUT2D eigenvalue weighted by Crippen LogP contribution is 2.17. The lowest BCUT2D eigenvalue weighted by Gasteiger charge is -2.22. The van der Waals surface area contributed by atoms with Crippen LogP contribution in [0, 0.1) is 10.1 Å². The molecule has 0 heterocycles. The number of nitro benzene ring substituents is 1. The minimum absolute atomic E-state index is 0.103. The van der Waals surface area contributed by atoms with E-state index in [0.29, 0.717) is 6.54 Å². The highest BCUT2D eigenvalue weighted by atomic mass is 16.6. The van der Waals surface area contributed by atoms with Gasteiger partial charge in [0.05, 0.1) is 4.92 Å². The fourth-order valence-electron chi connectivity index (χ4n) is 2.32. The normalized spacial score (nSPS) is 10.9. The lowest BCUT2D eigenvalue weighted by molar-refractivity contribution is -0.384. The van der Waals surface area contributed by atoms with Gasteiger partial charge in [0.25, 0.3) is 5.69 Å². The third kappa shape index (κ3) is 4.66. The number of non-ortho nitro benzene ring substituents is 1. The maximum absolute atomic E-state index is 10.6. The van der Waals surface area contributed by atoms with Gasteiger partial charge in [-0.2, -0.15) is 0 Å². The van der Waals surface area contributed by atoms with E-state index in [9.17, 15) is 10.1 Å². The van der Waals surface area contributed by atoms with E-state index < -0.39 is 4.92 Å². The van der Waals surface area contributed by atoms with E-state index in [1.165, 1.54) is 12.1 Å². The Labute approximate surface area is 136 Å². The number of nitrogens with zero attached hydrogens (tertiary/aromatic N) is 2. The van der Waals surface area contributed by atoms with Crippen LogP contribution in [0.25, 0.3) is 12.2 Å². The summed E-state index contributed by atoms with van der Waals surface area (Å²) < 4.78 is 0. The highest BCUT2D eigenvalue weighted by molar-refractivity contribution is 5.71. The highest BCUT2D eigenvalue weighted by Gasteiger charge is 2.03. The summed E-state index contributed by atoms with van der Waals surface area (Å²) in [5.41, 5.74) is 8.89. The van der Waals surface area contributed by atoms with Gasteiger partial charge in [-0.1, -0.05) is 24.3 Å². The predicted octanol–water partition coefficient (Wildman–Crippen LogP) is 3.55. The number of rotatable bonds is 7. The van der Waals surface area contributed by atoms with Crippen molar-refractivity contribution in [3.8, 4) is 0 Å². The fourth-order valence-corrected chi connectivity index (χ4v) is 2.32. The molecule has 2 aromatic rings. The molecule has 5 nitrogen and oxygen atoms in total. The van der Waals surface area contributed by atoms with Crippen molar-refractivity contribution in [3.63, 3.8) is 0 Å². The van der Waals surface area contributed by atoms with Crippen molar-refractivity contribution >= 4 is 23.5 Å². The van der Waals surface area contributed by atoms with Gasteiger partial charge in [-0.05, 0) is 42.3 Å². The van der Waals surface area contributed by atoms with Crippen LogP contribution in [-0.4, -0.2) is 24.6 Å². The van der Waals surface area contributed by atoms with Crippen LogP contribution in [0.15, 0.2) is 48.5 Å². The molecule has 0 unspecified atom stereocenters. The van der Waals surface area contributed by atoms with Crippen molar-refractivity contribution < 1.29 is 4.92 Å². The third-order valence-electron chi connectivity index (χ3n) is 3.61. The van der Waals surface area contributed by atoms with Gasteiger partial charge in [0.2, 0.25) is 0 Å². The van der Waals surface area contributed by atoms with Gasteiger partial charge < -0.3 is 10.6 Å². The average molecular weight is 311 g/mol. The zero-order valence-electron chi connectivity index (χ0n) is 13.2. The predicted molar refractivity (Wildman–Crippen MR) is 95.4 cm³/mol. The summed E-state index contributed by atoms with van der Waals surface area (Å²) in [5, 5.41) is 10.6. The monoisotopic (exact) mass is 311 g/mol. The fraction of sp³-hybridized carbons (Fsp3) is 0.222. The molecule has 0 atom stereocenters. The quantitative estimate of drug-likeness (QED) is 0.482. The topological polar surface area (TPSA) is 72.4 Å². The van der Waals surface area contributed by atoms with E-state index in [0.717, 1.165) is 29.9 Å². The Hall–Kier alpha value is -2.66. The van der Waals surface area contributed by atoms with E-state index >= 15 is 0 Å². The maximum atomic E-state index is 10.6. The molecule has 0 aromatic heterocycles. The van der Waals surface area contributed by atoms with Gasteiger partial charge in [0, 0.05) is 37.5 Å². The second-order valence-electron chi connectivity index (χ2n) is 5.14. The molecule has 0 spiro atoms. The van der Waals surface area contributed by atoms with Crippen molar-refractivity contribution in [1.29, 1.82) is 0 Å². The molecular formula is C18H21N3O2. The molecule has 0 aliphatic carbocycles. The van der Waals surface area contributed by atoms with Crippen molar-refractivity contribution in [1.82, 2.24) is 0 Å². The smallest absolute Gasteiger partial charge is 0.269 e. The summed E-state index contributed by atoms with van der Waals surface area (Å²) in [6, 6.07) is 14.8. The molecule has 0 saturated heterocycles. The van der Waals surface area contributed by atoms with E-state index in [2.05, 4.69) is 36.1 Å². The van der Waals surface area contributed by atoms with Crippen molar-refractivity contribution in [3.05, 3.63) is 69.8 Å². The summed E-state index contributed by atoms with van der Waals surface area (Å²) in [7, 11) is 0. The summed E-state index contributed by atoms with van der Waals surface area (Å²) >= 11 is 0. The Morgan fingerprint density at radius 2 is 1.57 bits per heavy atom. The summed E-state index contributed by atoms with van der Waals surface area (Å²) in [4.78, 5) is 12.5. The molecule has 2 N–H and O–H groups in total. The van der Waals surface area contributed by atoms with Crippen LogP contribution in [0.5, 0.6) is 0 Å². The molecule has 0 radical (unpaired) electrons. The van der Waals surface area contributed by atoms with Crippen LogP contribution in [0.1, 0.15) is 18.1 Å². The van der Waals surface area contributed by atoms with Crippen LogP contribution < -0.4 is 10.6 Å². The van der Waals surface area contributed by atoms with Gasteiger partial charge in [-0.3, -0.25) is 10.1 Å². The molecule has 0 aliphatic heterocycles. The van der Waals surface area contributed by atoms with Crippen molar-refractivity contribution in [2.75, 3.05) is 24.5 Å². The molecule has 2 aromatic carbocycles. The number of hydrogen-bond donors (Lipinski definition) is 1. The van der Waals surface area contributed by atoms with Crippen LogP contribution in [0.4, 0.5) is 11.4 Å². The first kappa shape index (κ1) is 16.7. The second kappa shape index (κ2) is 8.10. The molecule has 23 heavy (non-hydrogen) atoms. The number of nitro groups is 1.